The average molecular weight is 342 g/mol. The Morgan fingerprint density at radius 2 is 2.00 bits per heavy atom. The van der Waals surface area contributed by atoms with Gasteiger partial charge in [0.25, 0.3) is 5.91 Å². The van der Waals surface area contributed by atoms with Crippen LogP contribution in [0.4, 0.5) is 5.69 Å². The number of likely N-dealkylation sites (tertiary alicyclic amines) is 1. The predicted molar refractivity (Wildman–Crippen MR) is 94.0 cm³/mol. The van der Waals surface area contributed by atoms with Gasteiger partial charge in [-0.05, 0) is 37.5 Å². The number of hydrazone groups is 1. The molecule has 1 fully saturated rings. The van der Waals surface area contributed by atoms with Gasteiger partial charge in [0, 0.05) is 25.9 Å². The maximum Gasteiger partial charge on any atom is 0.270 e. The van der Waals surface area contributed by atoms with Gasteiger partial charge in [0.05, 0.1) is 11.6 Å². The molecule has 2 aliphatic heterocycles. The molecular formula is C18H22N4O3. The lowest BCUT2D eigenvalue weighted by Gasteiger charge is -2.26. The van der Waals surface area contributed by atoms with Gasteiger partial charge in [-0.25, -0.2) is 5.01 Å². The molecule has 1 aromatic carbocycles. The first-order valence-corrected chi connectivity index (χ1v) is 8.43. The predicted octanol–water partition coefficient (Wildman–Crippen LogP) is 1.12. The molecule has 0 radical (unpaired) electrons. The minimum Gasteiger partial charge on any atom is -0.369 e. The second kappa shape index (κ2) is 6.66. The fraction of sp³-hybridized carbons (Fsp3) is 0.444. The zero-order valence-corrected chi connectivity index (χ0v) is 14.5. The molecule has 0 bridgehead atoms. The van der Waals surface area contributed by atoms with Crippen molar-refractivity contribution in [2.45, 2.75) is 33.1 Å². The van der Waals surface area contributed by atoms with Crippen LogP contribution in [-0.4, -0.2) is 41.4 Å². The molecule has 7 heteroatoms. The van der Waals surface area contributed by atoms with Gasteiger partial charge >= 0.3 is 0 Å². The number of anilines is 1. The van der Waals surface area contributed by atoms with Crippen LogP contribution < -0.4 is 10.7 Å². The summed E-state index contributed by atoms with van der Waals surface area (Å²) < 4.78 is 0. The average Bonchev–Trinajstić information content (AvgIpc) is 3.07. The highest BCUT2D eigenvalue weighted by Gasteiger charge is 2.34. The lowest BCUT2D eigenvalue weighted by atomic mass is 10.1. The Kier molecular flexibility index (Phi) is 4.57. The van der Waals surface area contributed by atoms with E-state index in [0.29, 0.717) is 37.3 Å². The van der Waals surface area contributed by atoms with Gasteiger partial charge in [0.15, 0.2) is 0 Å². The Bertz CT molecular complexity index is 772. The molecule has 1 unspecified atom stereocenters. The molecule has 2 aliphatic rings. The first-order valence-electron chi connectivity index (χ1n) is 8.43. The second-order valence-electron chi connectivity index (χ2n) is 6.68. The molecule has 132 valence electrons. The van der Waals surface area contributed by atoms with Gasteiger partial charge in [0.1, 0.15) is 5.71 Å². The van der Waals surface area contributed by atoms with Crippen molar-refractivity contribution in [1.29, 1.82) is 0 Å². The summed E-state index contributed by atoms with van der Waals surface area (Å²) in [6, 6.07) is 5.79. The second-order valence-corrected chi connectivity index (χ2v) is 6.68. The molecule has 0 spiro atoms. The smallest absolute Gasteiger partial charge is 0.270 e. The first kappa shape index (κ1) is 17.1. The van der Waals surface area contributed by atoms with Crippen LogP contribution in [0.25, 0.3) is 0 Å². The molecule has 0 aliphatic carbocycles. The monoisotopic (exact) mass is 342 g/mol. The van der Waals surface area contributed by atoms with Crippen molar-refractivity contribution in [2.75, 3.05) is 18.1 Å². The van der Waals surface area contributed by atoms with E-state index in [2.05, 4.69) is 5.10 Å². The topological polar surface area (TPSA) is 96.1 Å². The number of carbonyl (C=O) groups excluding carboxylic acids is 3. The number of benzene rings is 1. The van der Waals surface area contributed by atoms with E-state index in [-0.39, 0.29) is 30.1 Å². The third kappa shape index (κ3) is 3.40. The van der Waals surface area contributed by atoms with Crippen LogP contribution in [0.2, 0.25) is 0 Å². The minimum absolute atomic E-state index is 0.123. The van der Waals surface area contributed by atoms with E-state index in [9.17, 15) is 14.4 Å². The van der Waals surface area contributed by atoms with Crippen molar-refractivity contribution in [3.8, 4) is 0 Å². The Hall–Kier alpha value is -2.70. The number of carbonyl (C=O) groups is 3. The molecule has 0 aromatic heterocycles. The van der Waals surface area contributed by atoms with E-state index >= 15 is 0 Å². The van der Waals surface area contributed by atoms with Gasteiger partial charge in [-0.2, -0.15) is 5.10 Å². The summed E-state index contributed by atoms with van der Waals surface area (Å²) in [5.74, 6) is -1.02. The molecule has 7 nitrogen and oxygen atoms in total. The van der Waals surface area contributed by atoms with E-state index in [1.165, 1.54) is 5.01 Å². The van der Waals surface area contributed by atoms with Gasteiger partial charge in [-0.15, -0.1) is 0 Å². The maximum absolute atomic E-state index is 12.7. The standard InChI is InChI=1S/C18H22N4O3/c1-11-3-4-12(2)15(9-11)22-16(23)6-5-14(20-22)18(25)21-8-7-13(10-21)17(19)24/h3-4,9,13H,5-8,10H2,1-2H3,(H2,19,24). The molecule has 1 atom stereocenters. The number of rotatable bonds is 3. The van der Waals surface area contributed by atoms with E-state index in [1.807, 2.05) is 32.0 Å². The fourth-order valence-electron chi connectivity index (χ4n) is 3.20. The molecule has 3 amide bonds. The number of aryl methyl sites for hydroxylation is 2. The van der Waals surface area contributed by atoms with Crippen molar-refractivity contribution in [2.24, 2.45) is 16.8 Å². The van der Waals surface area contributed by atoms with Crippen LogP contribution in [0.1, 0.15) is 30.4 Å². The molecule has 2 N–H and O–H groups in total. The molecule has 1 aromatic rings. The fourth-order valence-corrected chi connectivity index (χ4v) is 3.20. The summed E-state index contributed by atoms with van der Waals surface area (Å²) in [4.78, 5) is 37.9. The summed E-state index contributed by atoms with van der Waals surface area (Å²) in [5, 5.41) is 5.68. The molecule has 3 rings (SSSR count). The number of nitrogens with zero attached hydrogens (tertiary/aromatic N) is 3. The van der Waals surface area contributed by atoms with Crippen molar-refractivity contribution in [3.05, 3.63) is 29.3 Å². The minimum atomic E-state index is -0.381. The van der Waals surface area contributed by atoms with E-state index in [4.69, 9.17) is 5.73 Å². The molecule has 2 heterocycles. The summed E-state index contributed by atoms with van der Waals surface area (Å²) >= 11 is 0. The van der Waals surface area contributed by atoms with Gasteiger partial charge in [-0.3, -0.25) is 14.4 Å². The van der Waals surface area contributed by atoms with Crippen molar-refractivity contribution in [3.63, 3.8) is 0 Å². The van der Waals surface area contributed by atoms with Crippen molar-refractivity contribution < 1.29 is 14.4 Å². The third-order valence-corrected chi connectivity index (χ3v) is 4.75. The van der Waals surface area contributed by atoms with Crippen LogP contribution in [-0.2, 0) is 14.4 Å². The summed E-state index contributed by atoms with van der Waals surface area (Å²) in [7, 11) is 0. The first-order chi connectivity index (χ1) is 11.9. The third-order valence-electron chi connectivity index (χ3n) is 4.75. The lowest BCUT2D eigenvalue weighted by Crippen LogP contribution is -2.41. The van der Waals surface area contributed by atoms with Crippen LogP contribution >= 0.6 is 0 Å². The van der Waals surface area contributed by atoms with Gasteiger partial charge < -0.3 is 10.6 Å². The van der Waals surface area contributed by atoms with Crippen molar-refractivity contribution >= 4 is 29.1 Å². The molecule has 25 heavy (non-hydrogen) atoms. The highest BCUT2D eigenvalue weighted by Crippen LogP contribution is 2.26. The Morgan fingerprint density at radius 3 is 2.68 bits per heavy atom. The van der Waals surface area contributed by atoms with Crippen LogP contribution in [0.3, 0.4) is 0 Å². The normalized spacial score (nSPS) is 20.6. The maximum atomic E-state index is 12.7. The molecule has 0 saturated carbocycles. The Balaban J connectivity index is 1.85. The largest absolute Gasteiger partial charge is 0.369 e. The number of amides is 3. The highest BCUT2D eigenvalue weighted by atomic mass is 16.2. The van der Waals surface area contributed by atoms with Gasteiger partial charge in [0.2, 0.25) is 11.8 Å². The SMILES string of the molecule is Cc1ccc(C)c(N2N=C(C(=O)N3CCC(C(N)=O)C3)CCC2=O)c1. The highest BCUT2D eigenvalue weighted by molar-refractivity contribution is 6.40. The summed E-state index contributed by atoms with van der Waals surface area (Å²) in [6.45, 7) is 4.67. The van der Waals surface area contributed by atoms with E-state index in [0.717, 1.165) is 11.1 Å². The van der Waals surface area contributed by atoms with E-state index < -0.39 is 0 Å². The molecular weight excluding hydrogens is 320 g/mol. The van der Waals surface area contributed by atoms with Crippen molar-refractivity contribution in [1.82, 2.24) is 4.90 Å². The zero-order valence-electron chi connectivity index (χ0n) is 14.5. The zero-order chi connectivity index (χ0) is 18.1. The summed E-state index contributed by atoms with van der Waals surface area (Å²) in [5.41, 5.74) is 8.32. The van der Waals surface area contributed by atoms with Crippen LogP contribution in [0, 0.1) is 19.8 Å². The number of primary amides is 1. The number of nitrogens with two attached hydrogens (primary N) is 1. The van der Waals surface area contributed by atoms with E-state index in [1.54, 1.807) is 4.90 Å². The summed E-state index contributed by atoms with van der Waals surface area (Å²) in [6.07, 6.45) is 1.13. The number of hydrogen-bond donors (Lipinski definition) is 1. The van der Waals surface area contributed by atoms with Crippen LogP contribution in [0.5, 0.6) is 0 Å². The quantitative estimate of drug-likeness (QED) is 0.891. The lowest BCUT2D eigenvalue weighted by molar-refractivity contribution is -0.124. The molecule has 1 saturated heterocycles. The van der Waals surface area contributed by atoms with Crippen LogP contribution in [0.15, 0.2) is 23.3 Å². The Morgan fingerprint density at radius 1 is 1.24 bits per heavy atom. The number of hydrogen-bond acceptors (Lipinski definition) is 4. The van der Waals surface area contributed by atoms with Gasteiger partial charge in [-0.1, -0.05) is 12.1 Å². The Labute approximate surface area is 146 Å².